The molecule has 1 aromatic heterocycles. The first-order valence-electron chi connectivity index (χ1n) is 5.51. The van der Waals surface area contributed by atoms with Gasteiger partial charge in [-0.3, -0.25) is 0 Å². The van der Waals surface area contributed by atoms with Gasteiger partial charge in [0, 0.05) is 13.1 Å². The lowest BCUT2D eigenvalue weighted by Gasteiger charge is -2.28. The van der Waals surface area contributed by atoms with Crippen molar-refractivity contribution in [3.05, 3.63) is 5.89 Å². The van der Waals surface area contributed by atoms with E-state index in [0.717, 1.165) is 19.0 Å². The Morgan fingerprint density at radius 2 is 2.40 bits per heavy atom. The average Bonchev–Trinajstić information content (AvgIpc) is 2.67. The number of hydrogen-bond donors (Lipinski definition) is 1. The molecular formula is C10H18N4O. The van der Waals surface area contributed by atoms with Crippen molar-refractivity contribution < 1.29 is 4.42 Å². The molecule has 1 unspecified atom stereocenters. The fraction of sp³-hybridized carbons (Fsp3) is 0.800. The van der Waals surface area contributed by atoms with Crippen LogP contribution in [0.15, 0.2) is 4.42 Å². The van der Waals surface area contributed by atoms with Crippen molar-refractivity contribution in [1.29, 1.82) is 0 Å². The summed E-state index contributed by atoms with van der Waals surface area (Å²) in [6, 6.07) is 0.673. The lowest BCUT2D eigenvalue weighted by atomic mass is 10.0. The van der Waals surface area contributed by atoms with Crippen LogP contribution >= 0.6 is 0 Å². The molecule has 2 heterocycles. The van der Waals surface area contributed by atoms with Crippen molar-refractivity contribution in [3.63, 3.8) is 0 Å². The molecule has 1 aromatic rings. The number of aromatic nitrogens is 2. The molecule has 0 radical (unpaired) electrons. The highest BCUT2D eigenvalue weighted by Gasteiger charge is 2.20. The predicted molar refractivity (Wildman–Crippen MR) is 57.7 cm³/mol. The lowest BCUT2D eigenvalue weighted by molar-refractivity contribution is 0.405. The molecule has 1 saturated heterocycles. The van der Waals surface area contributed by atoms with Gasteiger partial charge in [0.05, 0.1) is 6.54 Å². The molecule has 1 atom stereocenters. The van der Waals surface area contributed by atoms with Crippen LogP contribution in [0.1, 0.15) is 25.7 Å². The molecule has 2 rings (SSSR count). The zero-order valence-electron chi connectivity index (χ0n) is 9.36. The third-order valence-corrected chi connectivity index (χ3v) is 2.71. The quantitative estimate of drug-likeness (QED) is 0.807. The molecular weight excluding hydrogens is 192 g/mol. The molecule has 1 aliphatic rings. The van der Waals surface area contributed by atoms with Crippen molar-refractivity contribution >= 4 is 6.01 Å². The Labute approximate surface area is 89.9 Å². The summed E-state index contributed by atoms with van der Waals surface area (Å²) in [6.45, 7) is 4.96. The highest BCUT2D eigenvalue weighted by atomic mass is 16.4. The van der Waals surface area contributed by atoms with Gasteiger partial charge in [0.15, 0.2) is 0 Å². The van der Waals surface area contributed by atoms with Gasteiger partial charge in [0.1, 0.15) is 0 Å². The standard InChI is InChI=1S/C10H18N4O/c1-8-4-3-5-14(7-8)10-13-12-9(15-10)6-11-2/h8,11H,3-7H2,1-2H3. The molecule has 0 amide bonds. The minimum absolute atomic E-state index is 0.635. The maximum Gasteiger partial charge on any atom is 0.318 e. The Morgan fingerprint density at radius 3 is 3.13 bits per heavy atom. The van der Waals surface area contributed by atoms with Gasteiger partial charge in [-0.25, -0.2) is 0 Å². The van der Waals surface area contributed by atoms with Gasteiger partial charge in [0.2, 0.25) is 5.89 Å². The van der Waals surface area contributed by atoms with Crippen LogP contribution in [0.4, 0.5) is 6.01 Å². The van der Waals surface area contributed by atoms with Gasteiger partial charge in [-0.2, -0.15) is 0 Å². The third kappa shape index (κ3) is 2.47. The van der Waals surface area contributed by atoms with Gasteiger partial charge >= 0.3 is 6.01 Å². The summed E-state index contributed by atoms with van der Waals surface area (Å²) in [5.41, 5.74) is 0. The Morgan fingerprint density at radius 1 is 1.53 bits per heavy atom. The summed E-state index contributed by atoms with van der Waals surface area (Å²) in [5, 5.41) is 11.0. The van der Waals surface area contributed by atoms with E-state index in [2.05, 4.69) is 27.3 Å². The zero-order valence-corrected chi connectivity index (χ0v) is 9.36. The van der Waals surface area contributed by atoms with Gasteiger partial charge in [-0.15, -0.1) is 5.10 Å². The van der Waals surface area contributed by atoms with Crippen LogP contribution in [0.5, 0.6) is 0 Å². The van der Waals surface area contributed by atoms with E-state index < -0.39 is 0 Å². The number of nitrogens with zero attached hydrogens (tertiary/aromatic N) is 3. The van der Waals surface area contributed by atoms with E-state index in [0.29, 0.717) is 18.5 Å². The van der Waals surface area contributed by atoms with E-state index in [4.69, 9.17) is 4.42 Å². The maximum absolute atomic E-state index is 5.55. The summed E-state index contributed by atoms with van der Waals surface area (Å²) in [5.74, 6) is 1.38. The smallest absolute Gasteiger partial charge is 0.318 e. The van der Waals surface area contributed by atoms with Crippen molar-refractivity contribution in [2.24, 2.45) is 5.92 Å². The Balaban J connectivity index is 2.01. The second-order valence-electron chi connectivity index (χ2n) is 4.20. The fourth-order valence-electron chi connectivity index (χ4n) is 1.96. The van der Waals surface area contributed by atoms with Crippen molar-refractivity contribution in [1.82, 2.24) is 15.5 Å². The summed E-state index contributed by atoms with van der Waals surface area (Å²) in [7, 11) is 1.87. The molecule has 1 N–H and O–H groups in total. The van der Waals surface area contributed by atoms with E-state index in [1.54, 1.807) is 0 Å². The molecule has 15 heavy (non-hydrogen) atoms. The Hall–Kier alpha value is -1.10. The van der Waals surface area contributed by atoms with Gasteiger partial charge in [0.25, 0.3) is 0 Å². The van der Waals surface area contributed by atoms with Crippen LogP contribution in [0.25, 0.3) is 0 Å². The number of anilines is 1. The van der Waals surface area contributed by atoms with Crippen molar-refractivity contribution in [3.8, 4) is 0 Å². The van der Waals surface area contributed by atoms with Crippen molar-refractivity contribution in [2.45, 2.75) is 26.3 Å². The molecule has 0 saturated carbocycles. The molecule has 1 fully saturated rings. The van der Waals surface area contributed by atoms with Gasteiger partial charge < -0.3 is 14.6 Å². The fourth-order valence-corrected chi connectivity index (χ4v) is 1.96. The zero-order chi connectivity index (χ0) is 10.7. The first-order chi connectivity index (χ1) is 7.29. The normalized spacial score (nSPS) is 22.0. The van der Waals surface area contributed by atoms with E-state index >= 15 is 0 Å². The molecule has 0 aliphatic carbocycles. The minimum atomic E-state index is 0.635. The SMILES string of the molecule is CNCc1nnc(N2CCCC(C)C2)o1. The topological polar surface area (TPSA) is 54.2 Å². The van der Waals surface area contributed by atoms with Crippen LogP contribution < -0.4 is 10.2 Å². The summed E-state index contributed by atoms with van der Waals surface area (Å²) < 4.78 is 5.55. The first-order valence-corrected chi connectivity index (χ1v) is 5.51. The third-order valence-electron chi connectivity index (χ3n) is 2.71. The Bertz CT molecular complexity index is 312. The molecule has 0 bridgehead atoms. The highest BCUT2D eigenvalue weighted by molar-refractivity contribution is 5.24. The average molecular weight is 210 g/mol. The number of nitrogens with one attached hydrogen (secondary N) is 1. The van der Waals surface area contributed by atoms with Crippen LogP contribution in [0.3, 0.4) is 0 Å². The van der Waals surface area contributed by atoms with E-state index in [9.17, 15) is 0 Å². The minimum Gasteiger partial charge on any atom is -0.407 e. The van der Waals surface area contributed by atoms with Crippen molar-refractivity contribution in [2.75, 3.05) is 25.0 Å². The van der Waals surface area contributed by atoms with Crippen LogP contribution in [0.2, 0.25) is 0 Å². The summed E-state index contributed by atoms with van der Waals surface area (Å²) in [6.07, 6.45) is 2.51. The van der Waals surface area contributed by atoms with Crippen LogP contribution in [-0.2, 0) is 6.54 Å². The van der Waals surface area contributed by atoms with E-state index in [-0.39, 0.29) is 0 Å². The molecule has 0 aromatic carbocycles. The van der Waals surface area contributed by atoms with Crippen LogP contribution in [-0.4, -0.2) is 30.3 Å². The molecule has 0 spiro atoms. The number of piperidine rings is 1. The highest BCUT2D eigenvalue weighted by Crippen LogP contribution is 2.21. The first kappa shape index (κ1) is 10.4. The van der Waals surface area contributed by atoms with Gasteiger partial charge in [-0.05, 0) is 25.8 Å². The summed E-state index contributed by atoms with van der Waals surface area (Å²) in [4.78, 5) is 2.18. The maximum atomic E-state index is 5.55. The predicted octanol–water partition coefficient (Wildman–Crippen LogP) is 1.03. The van der Waals surface area contributed by atoms with Gasteiger partial charge in [-0.1, -0.05) is 12.0 Å². The number of hydrogen-bond acceptors (Lipinski definition) is 5. The van der Waals surface area contributed by atoms with Crippen LogP contribution in [0, 0.1) is 5.92 Å². The monoisotopic (exact) mass is 210 g/mol. The molecule has 1 aliphatic heterocycles. The molecule has 5 heteroatoms. The number of rotatable bonds is 3. The molecule has 84 valence electrons. The second kappa shape index (κ2) is 4.61. The largest absolute Gasteiger partial charge is 0.407 e. The lowest BCUT2D eigenvalue weighted by Crippen LogP contribution is -2.34. The summed E-state index contributed by atoms with van der Waals surface area (Å²) >= 11 is 0. The second-order valence-corrected chi connectivity index (χ2v) is 4.20. The van der Waals surface area contributed by atoms with E-state index in [1.165, 1.54) is 12.8 Å². The Kier molecular flexibility index (Phi) is 3.20. The molecule has 5 nitrogen and oxygen atoms in total. The van der Waals surface area contributed by atoms with E-state index in [1.807, 2.05) is 7.05 Å².